The summed E-state index contributed by atoms with van der Waals surface area (Å²) in [5.41, 5.74) is 2.63. The highest BCUT2D eigenvalue weighted by atomic mass is 16.5. The Morgan fingerprint density at radius 1 is 1.30 bits per heavy atom. The van der Waals surface area contributed by atoms with Gasteiger partial charge in [-0.2, -0.15) is 0 Å². The van der Waals surface area contributed by atoms with Gasteiger partial charge in [0, 0.05) is 18.1 Å². The van der Waals surface area contributed by atoms with E-state index in [1.165, 1.54) is 17.6 Å². The van der Waals surface area contributed by atoms with Crippen molar-refractivity contribution >= 4 is 0 Å². The number of ether oxygens (including phenoxy) is 2. The molecule has 0 aliphatic carbocycles. The summed E-state index contributed by atoms with van der Waals surface area (Å²) in [5.74, 6) is 1.54. The predicted octanol–water partition coefficient (Wildman–Crippen LogP) is 4.66. The number of hydrogen-bond acceptors (Lipinski definition) is 2. The van der Waals surface area contributed by atoms with E-state index in [9.17, 15) is 0 Å². The van der Waals surface area contributed by atoms with Crippen molar-refractivity contribution in [1.29, 1.82) is 0 Å². The highest BCUT2D eigenvalue weighted by Crippen LogP contribution is 2.45. The third kappa shape index (κ3) is 2.76. The van der Waals surface area contributed by atoms with E-state index in [0.29, 0.717) is 12.0 Å². The first-order chi connectivity index (χ1) is 9.75. The first-order valence-electron chi connectivity index (χ1n) is 7.76. The van der Waals surface area contributed by atoms with Crippen molar-refractivity contribution < 1.29 is 9.47 Å². The zero-order valence-corrected chi connectivity index (χ0v) is 12.5. The molecular weight excluding hydrogens is 248 g/mol. The van der Waals surface area contributed by atoms with Gasteiger partial charge in [0.05, 0.1) is 6.10 Å². The van der Waals surface area contributed by atoms with E-state index < -0.39 is 0 Å². The Bertz CT molecular complexity index is 488. The van der Waals surface area contributed by atoms with Gasteiger partial charge in [-0.25, -0.2) is 0 Å². The minimum absolute atomic E-state index is 0.241. The van der Waals surface area contributed by atoms with Crippen molar-refractivity contribution in [3.8, 4) is 5.75 Å². The molecule has 0 aromatic heterocycles. The third-order valence-corrected chi connectivity index (χ3v) is 4.35. The van der Waals surface area contributed by atoms with E-state index in [0.717, 1.165) is 31.6 Å². The van der Waals surface area contributed by atoms with Gasteiger partial charge >= 0.3 is 0 Å². The maximum Gasteiger partial charge on any atom is 0.125 e. The molecule has 0 N–H and O–H groups in total. The SMILES string of the molecule is CC(C)=CCC[C@H]1Oc2ccccc2[C@@H]2OCCC[C@@H]12. The molecule has 2 aliphatic rings. The molecule has 20 heavy (non-hydrogen) atoms. The number of fused-ring (bicyclic) bond motifs is 3. The molecule has 2 nitrogen and oxygen atoms in total. The average molecular weight is 272 g/mol. The van der Waals surface area contributed by atoms with Gasteiger partial charge in [0.25, 0.3) is 0 Å². The molecule has 1 aromatic carbocycles. The maximum absolute atomic E-state index is 6.27. The second-order valence-electron chi connectivity index (χ2n) is 6.15. The lowest BCUT2D eigenvalue weighted by Gasteiger charge is -2.42. The molecule has 0 unspecified atom stereocenters. The van der Waals surface area contributed by atoms with Gasteiger partial charge in [0.15, 0.2) is 0 Å². The zero-order chi connectivity index (χ0) is 13.9. The summed E-state index contributed by atoms with van der Waals surface area (Å²) >= 11 is 0. The monoisotopic (exact) mass is 272 g/mol. The standard InChI is InChI=1S/C18H24O2/c1-13(2)7-5-11-17-15-9-6-12-19-18(15)14-8-3-4-10-16(14)20-17/h3-4,7-8,10,15,17-18H,5-6,9,11-12H2,1-2H3/t15-,17+,18-/m0/s1. The van der Waals surface area contributed by atoms with Crippen LogP contribution in [0.2, 0.25) is 0 Å². The van der Waals surface area contributed by atoms with Gasteiger partial charge in [-0.15, -0.1) is 0 Å². The molecular formula is C18H24O2. The lowest BCUT2D eigenvalue weighted by Crippen LogP contribution is -2.39. The van der Waals surface area contributed by atoms with Crippen LogP contribution >= 0.6 is 0 Å². The average Bonchev–Trinajstić information content (AvgIpc) is 2.47. The van der Waals surface area contributed by atoms with Crippen molar-refractivity contribution in [1.82, 2.24) is 0 Å². The van der Waals surface area contributed by atoms with Gasteiger partial charge in [0.1, 0.15) is 11.9 Å². The molecule has 3 rings (SSSR count). The highest BCUT2D eigenvalue weighted by molar-refractivity contribution is 5.38. The van der Waals surface area contributed by atoms with Crippen molar-refractivity contribution in [3.63, 3.8) is 0 Å². The lowest BCUT2D eigenvalue weighted by atomic mass is 9.81. The number of allylic oxidation sites excluding steroid dienone is 2. The van der Waals surface area contributed by atoms with Gasteiger partial charge in [-0.3, -0.25) is 0 Å². The van der Waals surface area contributed by atoms with Crippen LogP contribution in [-0.4, -0.2) is 12.7 Å². The third-order valence-electron chi connectivity index (χ3n) is 4.35. The van der Waals surface area contributed by atoms with Crippen LogP contribution in [0.5, 0.6) is 5.75 Å². The fourth-order valence-corrected chi connectivity index (χ4v) is 3.39. The van der Waals surface area contributed by atoms with Gasteiger partial charge in [-0.1, -0.05) is 29.8 Å². The van der Waals surface area contributed by atoms with Crippen molar-refractivity contribution in [3.05, 3.63) is 41.5 Å². The quantitative estimate of drug-likeness (QED) is 0.745. The lowest BCUT2D eigenvalue weighted by molar-refractivity contribution is -0.0850. The smallest absolute Gasteiger partial charge is 0.125 e. The molecule has 1 saturated heterocycles. The van der Waals surface area contributed by atoms with Crippen LogP contribution in [0.3, 0.4) is 0 Å². The summed E-state index contributed by atoms with van der Waals surface area (Å²) in [6.07, 6.45) is 7.41. The van der Waals surface area contributed by atoms with Crippen LogP contribution in [-0.2, 0) is 4.74 Å². The van der Waals surface area contributed by atoms with Crippen LogP contribution in [0.1, 0.15) is 51.2 Å². The number of rotatable bonds is 3. The number of hydrogen-bond donors (Lipinski definition) is 0. The van der Waals surface area contributed by atoms with E-state index in [-0.39, 0.29) is 6.10 Å². The van der Waals surface area contributed by atoms with Gasteiger partial charge in [0.2, 0.25) is 0 Å². The van der Waals surface area contributed by atoms with Crippen LogP contribution in [0, 0.1) is 5.92 Å². The Kier molecular flexibility index (Phi) is 4.11. The summed E-state index contributed by atoms with van der Waals surface area (Å²) in [6.45, 7) is 5.20. The van der Waals surface area contributed by atoms with E-state index in [4.69, 9.17) is 9.47 Å². The molecule has 2 heteroatoms. The predicted molar refractivity (Wildman–Crippen MR) is 80.9 cm³/mol. The normalized spacial score (nSPS) is 28.0. The number of para-hydroxylation sites is 1. The van der Waals surface area contributed by atoms with Gasteiger partial charge in [-0.05, 0) is 45.6 Å². The second kappa shape index (κ2) is 6.01. The summed E-state index contributed by atoms with van der Waals surface area (Å²) < 4.78 is 12.3. The van der Waals surface area contributed by atoms with E-state index in [1.807, 2.05) is 0 Å². The molecule has 108 valence electrons. The van der Waals surface area contributed by atoms with Crippen molar-refractivity contribution in [2.24, 2.45) is 5.92 Å². The molecule has 2 heterocycles. The topological polar surface area (TPSA) is 18.5 Å². The Morgan fingerprint density at radius 3 is 3.00 bits per heavy atom. The van der Waals surface area contributed by atoms with Gasteiger partial charge < -0.3 is 9.47 Å². The van der Waals surface area contributed by atoms with E-state index in [2.05, 4.69) is 44.2 Å². The summed E-state index contributed by atoms with van der Waals surface area (Å²) in [7, 11) is 0. The fourth-order valence-electron chi connectivity index (χ4n) is 3.39. The van der Waals surface area contributed by atoms with Crippen molar-refractivity contribution in [2.75, 3.05) is 6.61 Å². The Balaban J connectivity index is 1.80. The first kappa shape index (κ1) is 13.7. The zero-order valence-electron chi connectivity index (χ0n) is 12.5. The molecule has 3 atom stereocenters. The molecule has 1 aromatic rings. The Hall–Kier alpha value is -1.28. The van der Waals surface area contributed by atoms with Crippen molar-refractivity contribution in [2.45, 2.75) is 51.7 Å². The molecule has 0 radical (unpaired) electrons. The molecule has 1 fully saturated rings. The summed E-state index contributed by atoms with van der Waals surface area (Å²) in [6, 6.07) is 8.37. The van der Waals surface area contributed by atoms with E-state index >= 15 is 0 Å². The van der Waals surface area contributed by atoms with Crippen LogP contribution < -0.4 is 4.74 Å². The molecule has 0 saturated carbocycles. The Labute approximate surface area is 121 Å². The summed E-state index contributed by atoms with van der Waals surface area (Å²) in [4.78, 5) is 0. The van der Waals surface area contributed by atoms with Crippen LogP contribution in [0.15, 0.2) is 35.9 Å². The minimum atomic E-state index is 0.241. The summed E-state index contributed by atoms with van der Waals surface area (Å²) in [5, 5.41) is 0. The number of benzene rings is 1. The van der Waals surface area contributed by atoms with Crippen LogP contribution in [0.4, 0.5) is 0 Å². The minimum Gasteiger partial charge on any atom is -0.490 e. The Morgan fingerprint density at radius 2 is 2.15 bits per heavy atom. The van der Waals surface area contributed by atoms with Crippen LogP contribution in [0.25, 0.3) is 0 Å². The van der Waals surface area contributed by atoms with E-state index in [1.54, 1.807) is 0 Å². The molecule has 2 aliphatic heterocycles. The largest absolute Gasteiger partial charge is 0.490 e. The highest BCUT2D eigenvalue weighted by Gasteiger charge is 2.39. The maximum atomic E-state index is 6.27. The first-order valence-corrected chi connectivity index (χ1v) is 7.76. The molecule has 0 amide bonds. The fraction of sp³-hybridized carbons (Fsp3) is 0.556. The molecule has 0 bridgehead atoms. The second-order valence-corrected chi connectivity index (χ2v) is 6.15. The molecule has 0 spiro atoms.